The first-order valence-corrected chi connectivity index (χ1v) is 8.06. The lowest BCUT2D eigenvalue weighted by molar-refractivity contribution is 0.245. The number of rotatable bonds is 3. The number of hydrogen-bond donors (Lipinski definition) is 0. The van der Waals surface area contributed by atoms with Crippen molar-refractivity contribution >= 4 is 5.82 Å². The highest BCUT2D eigenvalue weighted by molar-refractivity contribution is 5.59. The Morgan fingerprint density at radius 3 is 2.82 bits per heavy atom. The second-order valence-corrected chi connectivity index (χ2v) is 6.19. The molecule has 0 aliphatic carbocycles. The Morgan fingerprint density at radius 1 is 1.18 bits per heavy atom. The van der Waals surface area contributed by atoms with Crippen LogP contribution in [0.25, 0.3) is 11.4 Å². The van der Waals surface area contributed by atoms with Crippen LogP contribution in [0.15, 0.2) is 22.9 Å². The maximum absolute atomic E-state index is 5.50. The highest BCUT2D eigenvalue weighted by atomic mass is 16.5. The smallest absolute Gasteiger partial charge is 0.244 e. The van der Waals surface area contributed by atoms with Gasteiger partial charge in [0.25, 0.3) is 0 Å². The molecule has 0 N–H and O–H groups in total. The summed E-state index contributed by atoms with van der Waals surface area (Å²) in [5.41, 5.74) is 0.979. The topological polar surface area (TPSA) is 58.3 Å². The summed E-state index contributed by atoms with van der Waals surface area (Å²) in [7, 11) is 2.11. The number of hydrogen-bond acceptors (Lipinski definition) is 6. The minimum Gasteiger partial charge on any atom is -0.357 e. The van der Waals surface area contributed by atoms with Gasteiger partial charge in [-0.15, -0.1) is 0 Å². The Balaban J connectivity index is 1.59. The summed E-state index contributed by atoms with van der Waals surface area (Å²) >= 11 is 0. The molecule has 2 aromatic rings. The van der Waals surface area contributed by atoms with E-state index in [1.807, 2.05) is 12.3 Å². The first kappa shape index (κ1) is 13.7. The van der Waals surface area contributed by atoms with Gasteiger partial charge in [0, 0.05) is 24.8 Å². The highest BCUT2D eigenvalue weighted by Gasteiger charge is 2.28. The van der Waals surface area contributed by atoms with E-state index in [4.69, 9.17) is 4.52 Å². The van der Waals surface area contributed by atoms with Gasteiger partial charge >= 0.3 is 0 Å². The van der Waals surface area contributed by atoms with Gasteiger partial charge in [0.15, 0.2) is 0 Å². The predicted octanol–water partition coefficient (Wildman–Crippen LogP) is 2.50. The van der Waals surface area contributed by atoms with Crippen LogP contribution in [0.5, 0.6) is 0 Å². The fourth-order valence-corrected chi connectivity index (χ4v) is 3.39. The summed E-state index contributed by atoms with van der Waals surface area (Å²) in [6.45, 7) is 3.26. The Morgan fingerprint density at radius 2 is 2.05 bits per heavy atom. The van der Waals surface area contributed by atoms with Crippen molar-refractivity contribution in [2.75, 3.05) is 31.6 Å². The van der Waals surface area contributed by atoms with Gasteiger partial charge in [-0.2, -0.15) is 4.98 Å². The molecule has 2 aromatic heterocycles. The van der Waals surface area contributed by atoms with Gasteiger partial charge in [0.2, 0.25) is 11.7 Å². The standard InChI is InChI=1S/C16H21N5O/c1-20-8-4-5-13(20)16-18-15(19-22-16)12-6-7-17-14(11-12)21-9-2-3-10-21/h6-7,11,13H,2-5,8-10H2,1H3. The van der Waals surface area contributed by atoms with E-state index in [1.165, 1.54) is 19.3 Å². The van der Waals surface area contributed by atoms with Crippen LogP contribution in [0.3, 0.4) is 0 Å². The fraction of sp³-hybridized carbons (Fsp3) is 0.562. The van der Waals surface area contributed by atoms with Gasteiger partial charge in [-0.1, -0.05) is 5.16 Å². The predicted molar refractivity (Wildman–Crippen MR) is 83.6 cm³/mol. The van der Waals surface area contributed by atoms with Crippen molar-refractivity contribution in [1.82, 2.24) is 20.0 Å². The van der Waals surface area contributed by atoms with Crippen molar-refractivity contribution in [3.05, 3.63) is 24.2 Å². The molecule has 0 amide bonds. The third-order valence-electron chi connectivity index (χ3n) is 4.68. The summed E-state index contributed by atoms with van der Waals surface area (Å²) in [6.07, 6.45) is 6.60. The van der Waals surface area contributed by atoms with Crippen molar-refractivity contribution in [1.29, 1.82) is 0 Å². The van der Waals surface area contributed by atoms with E-state index in [-0.39, 0.29) is 6.04 Å². The van der Waals surface area contributed by atoms with Crippen molar-refractivity contribution in [3.8, 4) is 11.4 Å². The van der Waals surface area contributed by atoms with Gasteiger partial charge in [0.1, 0.15) is 5.82 Å². The van der Waals surface area contributed by atoms with E-state index >= 15 is 0 Å². The molecule has 2 aliphatic rings. The molecular weight excluding hydrogens is 278 g/mol. The summed E-state index contributed by atoms with van der Waals surface area (Å²) in [6, 6.07) is 4.28. The van der Waals surface area contributed by atoms with Crippen LogP contribution in [0, 0.1) is 0 Å². The molecule has 0 radical (unpaired) electrons. The minimum absolute atomic E-state index is 0.265. The molecule has 0 aromatic carbocycles. The van der Waals surface area contributed by atoms with Gasteiger partial charge < -0.3 is 9.42 Å². The van der Waals surface area contributed by atoms with E-state index in [9.17, 15) is 0 Å². The second-order valence-electron chi connectivity index (χ2n) is 6.19. The molecule has 6 nitrogen and oxygen atoms in total. The molecule has 22 heavy (non-hydrogen) atoms. The molecule has 0 saturated carbocycles. The molecule has 4 rings (SSSR count). The van der Waals surface area contributed by atoms with Crippen LogP contribution in [0.4, 0.5) is 5.82 Å². The van der Waals surface area contributed by atoms with Crippen LogP contribution in [-0.4, -0.2) is 46.7 Å². The Kier molecular flexibility index (Phi) is 3.54. The van der Waals surface area contributed by atoms with Crippen LogP contribution >= 0.6 is 0 Å². The Bertz CT molecular complexity index is 649. The molecule has 0 spiro atoms. The monoisotopic (exact) mass is 299 g/mol. The van der Waals surface area contributed by atoms with Gasteiger partial charge in [-0.25, -0.2) is 4.98 Å². The summed E-state index contributed by atoms with van der Waals surface area (Å²) < 4.78 is 5.50. The molecule has 1 atom stereocenters. The third kappa shape index (κ3) is 2.47. The fourth-order valence-electron chi connectivity index (χ4n) is 3.39. The van der Waals surface area contributed by atoms with Crippen LogP contribution in [0.2, 0.25) is 0 Å². The lowest BCUT2D eigenvalue weighted by Crippen LogP contribution is -2.18. The van der Waals surface area contributed by atoms with Gasteiger partial charge in [-0.05, 0) is 51.4 Å². The van der Waals surface area contributed by atoms with Crippen molar-refractivity contribution < 1.29 is 4.52 Å². The van der Waals surface area contributed by atoms with E-state index in [0.29, 0.717) is 5.82 Å². The molecule has 2 fully saturated rings. The third-order valence-corrected chi connectivity index (χ3v) is 4.68. The van der Waals surface area contributed by atoms with E-state index in [2.05, 4.69) is 38.0 Å². The highest BCUT2D eigenvalue weighted by Crippen LogP contribution is 2.31. The van der Waals surface area contributed by atoms with Gasteiger partial charge in [-0.3, -0.25) is 4.90 Å². The number of likely N-dealkylation sites (tertiary alicyclic amines) is 1. The van der Waals surface area contributed by atoms with E-state index < -0.39 is 0 Å². The zero-order chi connectivity index (χ0) is 14.9. The Hall–Kier alpha value is -1.95. The lowest BCUT2D eigenvalue weighted by Gasteiger charge is -2.16. The summed E-state index contributed by atoms with van der Waals surface area (Å²) in [5.74, 6) is 2.41. The van der Waals surface area contributed by atoms with Crippen LogP contribution in [-0.2, 0) is 0 Å². The average Bonchev–Trinajstić information content (AvgIpc) is 3.28. The number of pyridine rings is 1. The molecule has 4 heterocycles. The molecular formula is C16H21N5O. The van der Waals surface area contributed by atoms with Crippen LogP contribution < -0.4 is 4.90 Å². The molecule has 2 saturated heterocycles. The summed E-state index contributed by atoms with van der Waals surface area (Å²) in [4.78, 5) is 13.7. The van der Waals surface area contributed by atoms with E-state index in [0.717, 1.165) is 43.3 Å². The zero-order valence-electron chi connectivity index (χ0n) is 12.9. The number of aromatic nitrogens is 3. The quantitative estimate of drug-likeness (QED) is 0.868. The molecule has 0 bridgehead atoms. The lowest BCUT2D eigenvalue weighted by atomic mass is 10.2. The molecule has 2 aliphatic heterocycles. The van der Waals surface area contributed by atoms with Crippen LogP contribution in [0.1, 0.15) is 37.6 Å². The zero-order valence-corrected chi connectivity index (χ0v) is 12.9. The van der Waals surface area contributed by atoms with E-state index in [1.54, 1.807) is 0 Å². The van der Waals surface area contributed by atoms with Crippen molar-refractivity contribution in [2.24, 2.45) is 0 Å². The molecule has 1 unspecified atom stereocenters. The van der Waals surface area contributed by atoms with Crippen molar-refractivity contribution in [2.45, 2.75) is 31.7 Å². The SMILES string of the molecule is CN1CCCC1c1nc(-c2ccnc(N3CCCC3)c2)no1. The Labute approximate surface area is 130 Å². The van der Waals surface area contributed by atoms with Gasteiger partial charge in [0.05, 0.1) is 6.04 Å². The maximum Gasteiger partial charge on any atom is 0.244 e. The minimum atomic E-state index is 0.265. The molecule has 6 heteroatoms. The first-order valence-electron chi connectivity index (χ1n) is 8.06. The number of anilines is 1. The first-order chi connectivity index (χ1) is 10.8. The number of nitrogens with zero attached hydrogens (tertiary/aromatic N) is 5. The molecule has 116 valence electrons. The normalized spacial score (nSPS) is 22.6. The van der Waals surface area contributed by atoms with Crippen molar-refractivity contribution in [3.63, 3.8) is 0 Å². The largest absolute Gasteiger partial charge is 0.357 e. The maximum atomic E-state index is 5.50. The summed E-state index contributed by atoms with van der Waals surface area (Å²) in [5, 5.41) is 4.17. The average molecular weight is 299 g/mol. The second kappa shape index (κ2) is 5.68.